The summed E-state index contributed by atoms with van der Waals surface area (Å²) in [6.45, 7) is 1.54. The Hall–Kier alpha value is -1.67. The maximum absolute atomic E-state index is 11.3. The molecule has 0 saturated heterocycles. The summed E-state index contributed by atoms with van der Waals surface area (Å²) in [6, 6.07) is 0. The van der Waals surface area contributed by atoms with Gasteiger partial charge in [0.15, 0.2) is 0 Å². The monoisotopic (exact) mass is 283 g/mol. The first-order chi connectivity index (χ1) is 8.58. The average molecular weight is 283 g/mol. The lowest BCUT2D eigenvalue weighted by Gasteiger charge is -2.05. The van der Waals surface area contributed by atoms with Gasteiger partial charge in [0.25, 0.3) is 0 Å². The van der Waals surface area contributed by atoms with Crippen molar-refractivity contribution in [1.29, 1.82) is 0 Å². The fourth-order valence-corrected chi connectivity index (χ4v) is 3.08. The summed E-state index contributed by atoms with van der Waals surface area (Å²) >= 11 is 2.69. The molecule has 6 nitrogen and oxygen atoms in total. The number of aryl methyl sites for hydroxylation is 1. The highest BCUT2D eigenvalue weighted by Gasteiger charge is 2.17. The lowest BCUT2D eigenvalue weighted by atomic mass is 10.2. The van der Waals surface area contributed by atoms with Crippen LogP contribution < -0.4 is 5.69 Å². The smallest absolute Gasteiger partial charge is 0.346 e. The van der Waals surface area contributed by atoms with E-state index < -0.39 is 11.7 Å². The number of aromatic carboxylic acids is 1. The summed E-state index contributed by atoms with van der Waals surface area (Å²) in [6.07, 6.45) is 1.71. The first-order valence-electron chi connectivity index (χ1n) is 4.92. The topological polar surface area (TPSA) is 95.9 Å². The number of thioether (sulfide) groups is 1. The van der Waals surface area contributed by atoms with Crippen LogP contribution in [0.25, 0.3) is 0 Å². The third-order valence-corrected chi connectivity index (χ3v) is 4.12. The van der Waals surface area contributed by atoms with Crippen LogP contribution in [0.5, 0.6) is 0 Å². The molecule has 0 saturated carbocycles. The normalized spacial score (nSPS) is 10.5. The van der Waals surface area contributed by atoms with Crippen LogP contribution in [0.4, 0.5) is 0 Å². The van der Waals surface area contributed by atoms with Crippen LogP contribution in [-0.2, 0) is 5.75 Å². The SMILES string of the molecule is Cc1[nH]c(=O)nc(SCc2cncs2)c1C(=O)O. The van der Waals surface area contributed by atoms with Crippen molar-refractivity contribution < 1.29 is 9.90 Å². The number of aromatic nitrogens is 3. The van der Waals surface area contributed by atoms with Crippen molar-refractivity contribution in [3.63, 3.8) is 0 Å². The molecular weight excluding hydrogens is 274 g/mol. The van der Waals surface area contributed by atoms with Gasteiger partial charge >= 0.3 is 11.7 Å². The second-order valence-corrected chi connectivity index (χ2v) is 5.34. The number of thiazole rings is 1. The van der Waals surface area contributed by atoms with Crippen molar-refractivity contribution in [1.82, 2.24) is 15.0 Å². The lowest BCUT2D eigenvalue weighted by Crippen LogP contribution is -2.18. The first-order valence-corrected chi connectivity index (χ1v) is 6.79. The van der Waals surface area contributed by atoms with Crippen LogP contribution >= 0.6 is 23.1 Å². The molecule has 0 aliphatic rings. The standard InChI is InChI=1S/C10H9N3O3S2/c1-5-7(9(14)15)8(13-10(16)12-5)17-3-6-2-11-4-18-6/h2,4H,3H2,1H3,(H,14,15)(H,12,13,16). The third kappa shape index (κ3) is 2.77. The van der Waals surface area contributed by atoms with Gasteiger partial charge in [0.05, 0.1) is 5.51 Å². The zero-order valence-corrected chi connectivity index (χ0v) is 11.0. The maximum Gasteiger partial charge on any atom is 0.346 e. The number of H-pyrrole nitrogens is 1. The molecule has 0 aromatic carbocycles. The third-order valence-electron chi connectivity index (χ3n) is 2.13. The Labute approximate surface area is 110 Å². The van der Waals surface area contributed by atoms with Crippen molar-refractivity contribution in [2.24, 2.45) is 0 Å². The molecule has 0 bridgehead atoms. The number of aromatic amines is 1. The van der Waals surface area contributed by atoms with Gasteiger partial charge in [-0.15, -0.1) is 11.3 Å². The van der Waals surface area contributed by atoms with Gasteiger partial charge in [-0.25, -0.2) is 9.59 Å². The van der Waals surface area contributed by atoms with Crippen molar-refractivity contribution >= 4 is 29.1 Å². The fourth-order valence-electron chi connectivity index (χ4n) is 1.37. The summed E-state index contributed by atoms with van der Waals surface area (Å²) in [4.78, 5) is 33.4. The summed E-state index contributed by atoms with van der Waals surface area (Å²) < 4.78 is 0. The van der Waals surface area contributed by atoms with Crippen molar-refractivity contribution in [3.8, 4) is 0 Å². The van der Waals surface area contributed by atoms with Crippen LogP contribution in [-0.4, -0.2) is 26.0 Å². The molecule has 0 aliphatic carbocycles. The van der Waals surface area contributed by atoms with Gasteiger partial charge in [0.2, 0.25) is 0 Å². The van der Waals surface area contributed by atoms with Gasteiger partial charge in [-0.3, -0.25) is 4.98 Å². The molecule has 0 unspecified atom stereocenters. The molecule has 2 aromatic heterocycles. The van der Waals surface area contributed by atoms with Gasteiger partial charge < -0.3 is 10.1 Å². The Balaban J connectivity index is 2.31. The Morgan fingerprint density at radius 2 is 2.39 bits per heavy atom. The molecule has 0 spiro atoms. The van der Waals surface area contributed by atoms with E-state index in [1.807, 2.05) is 0 Å². The number of carboxylic acid groups (broad SMARTS) is 1. The van der Waals surface area contributed by atoms with E-state index in [9.17, 15) is 9.59 Å². The zero-order valence-electron chi connectivity index (χ0n) is 9.34. The minimum Gasteiger partial charge on any atom is -0.478 e. The molecule has 2 N–H and O–H groups in total. The number of nitrogens with zero attached hydrogens (tertiary/aromatic N) is 2. The van der Waals surface area contributed by atoms with E-state index >= 15 is 0 Å². The molecule has 0 atom stereocenters. The van der Waals surface area contributed by atoms with E-state index in [4.69, 9.17) is 5.11 Å². The van der Waals surface area contributed by atoms with Gasteiger partial charge in [-0.1, -0.05) is 11.8 Å². The summed E-state index contributed by atoms with van der Waals surface area (Å²) in [5.74, 6) is -0.552. The minimum atomic E-state index is -1.09. The fraction of sp³-hybridized carbons (Fsp3) is 0.200. The van der Waals surface area contributed by atoms with Crippen LogP contribution in [0.2, 0.25) is 0 Å². The van der Waals surface area contributed by atoms with Gasteiger partial charge in [-0.2, -0.15) is 4.98 Å². The molecule has 0 fully saturated rings. The number of rotatable bonds is 4. The summed E-state index contributed by atoms with van der Waals surface area (Å²) in [5, 5.41) is 9.34. The predicted octanol–water partition coefficient (Wildman–Crippen LogP) is 1.53. The Bertz CT molecular complexity index is 622. The molecule has 18 heavy (non-hydrogen) atoms. The number of carboxylic acids is 1. The maximum atomic E-state index is 11.3. The molecule has 0 amide bonds. The molecule has 0 aliphatic heterocycles. The van der Waals surface area contributed by atoms with Crippen molar-refractivity contribution in [3.05, 3.63) is 38.3 Å². The van der Waals surface area contributed by atoms with Gasteiger partial charge in [-0.05, 0) is 6.92 Å². The van der Waals surface area contributed by atoms with Crippen molar-refractivity contribution in [2.45, 2.75) is 17.7 Å². The lowest BCUT2D eigenvalue weighted by molar-refractivity contribution is 0.0690. The molecule has 0 radical (unpaired) electrons. The number of carbonyl (C=O) groups is 1. The Morgan fingerprint density at radius 3 is 3.00 bits per heavy atom. The van der Waals surface area contributed by atoms with Crippen LogP contribution in [0.3, 0.4) is 0 Å². The molecule has 2 aromatic rings. The van der Waals surface area contributed by atoms with E-state index in [1.165, 1.54) is 23.1 Å². The number of nitrogens with one attached hydrogen (secondary N) is 1. The molecule has 2 rings (SSSR count). The quantitative estimate of drug-likeness (QED) is 0.652. The van der Waals surface area contributed by atoms with Crippen LogP contribution in [0.15, 0.2) is 21.5 Å². The average Bonchev–Trinajstić information content (AvgIpc) is 2.77. The van der Waals surface area contributed by atoms with E-state index in [2.05, 4.69) is 15.0 Å². The highest BCUT2D eigenvalue weighted by Crippen LogP contribution is 2.25. The predicted molar refractivity (Wildman–Crippen MR) is 68.2 cm³/mol. The van der Waals surface area contributed by atoms with E-state index in [-0.39, 0.29) is 10.6 Å². The minimum absolute atomic E-state index is 0.0455. The van der Waals surface area contributed by atoms with Crippen LogP contribution in [0.1, 0.15) is 20.9 Å². The van der Waals surface area contributed by atoms with E-state index in [0.29, 0.717) is 11.4 Å². The van der Waals surface area contributed by atoms with E-state index in [0.717, 1.165) is 4.88 Å². The molecule has 8 heteroatoms. The zero-order chi connectivity index (χ0) is 13.1. The highest BCUT2D eigenvalue weighted by atomic mass is 32.2. The number of hydrogen-bond acceptors (Lipinski definition) is 6. The summed E-state index contributed by atoms with van der Waals surface area (Å²) in [7, 11) is 0. The Morgan fingerprint density at radius 1 is 1.61 bits per heavy atom. The van der Waals surface area contributed by atoms with E-state index in [1.54, 1.807) is 18.6 Å². The molecule has 94 valence electrons. The summed E-state index contributed by atoms with van der Waals surface area (Å²) in [5.41, 5.74) is 1.52. The molecule has 2 heterocycles. The Kier molecular flexibility index (Phi) is 3.78. The largest absolute Gasteiger partial charge is 0.478 e. The second-order valence-electron chi connectivity index (χ2n) is 3.41. The van der Waals surface area contributed by atoms with Crippen molar-refractivity contribution in [2.75, 3.05) is 0 Å². The van der Waals surface area contributed by atoms with Crippen LogP contribution in [0, 0.1) is 6.92 Å². The van der Waals surface area contributed by atoms with Gasteiger partial charge in [0.1, 0.15) is 10.6 Å². The highest BCUT2D eigenvalue weighted by molar-refractivity contribution is 7.98. The number of hydrogen-bond donors (Lipinski definition) is 2. The first kappa shape index (κ1) is 12.8. The second kappa shape index (κ2) is 5.32. The van der Waals surface area contributed by atoms with Gasteiger partial charge in [0, 0.05) is 22.5 Å². The molecular formula is C10H9N3O3S2.